The minimum atomic E-state index is 0.145. The lowest BCUT2D eigenvalue weighted by Gasteiger charge is -2.27. The lowest BCUT2D eigenvalue weighted by atomic mass is 10.1. The molecule has 1 N–H and O–H groups in total. The first-order valence-corrected chi connectivity index (χ1v) is 9.58. The molecule has 5 rings (SSSR count). The first-order valence-electron chi connectivity index (χ1n) is 9.58. The number of carbonyl (C=O) groups excluding carboxylic acids is 1. The van der Waals surface area contributed by atoms with Crippen LogP contribution in [0.3, 0.4) is 0 Å². The number of piperazine rings is 1. The summed E-state index contributed by atoms with van der Waals surface area (Å²) in [5.74, 6) is 0.145. The molecule has 0 spiro atoms. The Hall–Kier alpha value is -3.52. The maximum absolute atomic E-state index is 12.0. The molecule has 4 aromatic rings. The Kier molecular flexibility index (Phi) is 4.33. The first-order chi connectivity index (χ1) is 14.2. The van der Waals surface area contributed by atoms with Gasteiger partial charge in [-0.1, -0.05) is 24.3 Å². The highest BCUT2D eigenvalue weighted by Gasteiger charge is 2.18. The van der Waals surface area contributed by atoms with Crippen molar-refractivity contribution < 1.29 is 4.79 Å². The van der Waals surface area contributed by atoms with E-state index in [0.29, 0.717) is 13.1 Å². The van der Waals surface area contributed by atoms with E-state index in [2.05, 4.69) is 39.8 Å². The summed E-state index contributed by atoms with van der Waals surface area (Å²) >= 11 is 0. The quantitative estimate of drug-likeness (QED) is 0.577. The number of fused-ring (bicyclic) bond motifs is 1. The number of nitrogens with zero attached hydrogens (tertiary/aromatic N) is 6. The van der Waals surface area contributed by atoms with Crippen LogP contribution in [0.5, 0.6) is 0 Å². The van der Waals surface area contributed by atoms with Crippen molar-refractivity contribution in [3.8, 4) is 22.5 Å². The van der Waals surface area contributed by atoms with Gasteiger partial charge in [-0.05, 0) is 11.6 Å². The second-order valence-corrected chi connectivity index (χ2v) is 7.23. The number of carbonyl (C=O) groups is 1. The average molecular weight is 387 g/mol. The maximum atomic E-state index is 12.0. The molecular formula is C21H21N7O. The minimum Gasteiger partial charge on any atom is -0.336 e. The third-order valence-corrected chi connectivity index (χ3v) is 5.18. The predicted molar refractivity (Wildman–Crippen MR) is 109 cm³/mol. The van der Waals surface area contributed by atoms with Crippen LogP contribution in [0, 0.1) is 0 Å². The summed E-state index contributed by atoms with van der Waals surface area (Å²) in [5.41, 5.74) is 5.70. The fourth-order valence-electron chi connectivity index (χ4n) is 3.63. The second kappa shape index (κ2) is 7.14. The summed E-state index contributed by atoms with van der Waals surface area (Å²) in [6, 6.07) is 10.2. The van der Waals surface area contributed by atoms with Crippen LogP contribution in [0.2, 0.25) is 0 Å². The van der Waals surface area contributed by atoms with Crippen LogP contribution < -0.4 is 5.32 Å². The Bertz CT molecular complexity index is 1180. The van der Waals surface area contributed by atoms with Crippen molar-refractivity contribution in [2.24, 2.45) is 7.05 Å². The van der Waals surface area contributed by atoms with Crippen molar-refractivity contribution in [3.63, 3.8) is 0 Å². The largest absolute Gasteiger partial charge is 0.336 e. The summed E-state index contributed by atoms with van der Waals surface area (Å²) in [6.07, 6.45) is 7.43. The molecule has 1 aromatic carbocycles. The van der Waals surface area contributed by atoms with E-state index in [1.165, 1.54) is 0 Å². The molecule has 0 radical (unpaired) electrons. The minimum absolute atomic E-state index is 0.145. The molecule has 29 heavy (non-hydrogen) atoms. The van der Waals surface area contributed by atoms with Crippen molar-refractivity contribution in [1.82, 2.24) is 34.6 Å². The van der Waals surface area contributed by atoms with E-state index in [4.69, 9.17) is 4.98 Å². The number of aromatic nitrogens is 5. The smallest absolute Gasteiger partial charge is 0.236 e. The van der Waals surface area contributed by atoms with Gasteiger partial charge in [0.05, 0.1) is 42.0 Å². The average Bonchev–Trinajstić information content (AvgIpc) is 3.38. The van der Waals surface area contributed by atoms with E-state index in [1.807, 2.05) is 34.9 Å². The normalized spacial score (nSPS) is 14.7. The number of benzene rings is 1. The highest BCUT2D eigenvalue weighted by atomic mass is 16.2. The molecule has 0 aliphatic carbocycles. The van der Waals surface area contributed by atoms with Crippen LogP contribution >= 0.6 is 0 Å². The van der Waals surface area contributed by atoms with Gasteiger partial charge in [0, 0.05) is 44.0 Å². The second-order valence-electron chi connectivity index (χ2n) is 7.23. The Morgan fingerprint density at radius 1 is 1.07 bits per heavy atom. The maximum Gasteiger partial charge on any atom is 0.236 e. The summed E-state index contributed by atoms with van der Waals surface area (Å²) in [4.78, 5) is 18.8. The van der Waals surface area contributed by atoms with E-state index in [1.54, 1.807) is 17.1 Å². The number of rotatable bonds is 4. The third kappa shape index (κ3) is 3.38. The van der Waals surface area contributed by atoms with Gasteiger partial charge in [0.15, 0.2) is 0 Å². The van der Waals surface area contributed by atoms with Gasteiger partial charge in [-0.2, -0.15) is 10.2 Å². The number of amides is 1. The molecule has 1 aliphatic rings. The predicted octanol–water partition coefficient (Wildman–Crippen LogP) is 1.73. The molecular weight excluding hydrogens is 366 g/mol. The number of hydrogen-bond acceptors (Lipinski definition) is 5. The van der Waals surface area contributed by atoms with Crippen LogP contribution in [-0.4, -0.2) is 54.8 Å². The molecule has 8 heteroatoms. The highest BCUT2D eigenvalue weighted by Crippen LogP contribution is 2.27. The van der Waals surface area contributed by atoms with Crippen LogP contribution in [0.15, 0.2) is 55.1 Å². The fourth-order valence-corrected chi connectivity index (χ4v) is 3.63. The molecule has 0 atom stereocenters. The van der Waals surface area contributed by atoms with E-state index in [9.17, 15) is 4.79 Å². The number of hydrogen-bond donors (Lipinski definition) is 1. The first kappa shape index (κ1) is 17.6. The number of nitrogens with one attached hydrogen (secondary N) is 1. The van der Waals surface area contributed by atoms with Crippen molar-refractivity contribution >= 4 is 11.4 Å². The Labute approximate surface area is 167 Å². The lowest BCUT2D eigenvalue weighted by Crippen LogP contribution is -2.47. The third-order valence-electron chi connectivity index (χ3n) is 5.18. The van der Waals surface area contributed by atoms with E-state index in [-0.39, 0.29) is 5.91 Å². The van der Waals surface area contributed by atoms with Gasteiger partial charge in [0.25, 0.3) is 0 Å². The monoisotopic (exact) mass is 387 g/mol. The van der Waals surface area contributed by atoms with Crippen molar-refractivity contribution in [3.05, 3.63) is 60.7 Å². The molecule has 0 saturated carbocycles. The zero-order valence-corrected chi connectivity index (χ0v) is 16.1. The van der Waals surface area contributed by atoms with Crippen molar-refractivity contribution in [2.75, 3.05) is 19.6 Å². The van der Waals surface area contributed by atoms with E-state index < -0.39 is 0 Å². The summed E-state index contributed by atoms with van der Waals surface area (Å²) < 4.78 is 3.61. The molecule has 146 valence electrons. The summed E-state index contributed by atoms with van der Waals surface area (Å²) in [5, 5.41) is 11.7. The molecule has 1 saturated heterocycles. The molecule has 4 heterocycles. The van der Waals surface area contributed by atoms with E-state index in [0.717, 1.165) is 46.7 Å². The van der Waals surface area contributed by atoms with Gasteiger partial charge in [-0.15, -0.1) is 0 Å². The lowest BCUT2D eigenvalue weighted by molar-refractivity contribution is -0.132. The SMILES string of the molecule is Cn1cc(-c2cn3nccc3c(-c3ccc(CN4CCNCC4=O)cc3)n2)cn1. The van der Waals surface area contributed by atoms with E-state index >= 15 is 0 Å². The van der Waals surface area contributed by atoms with Crippen LogP contribution in [0.25, 0.3) is 28.0 Å². The highest BCUT2D eigenvalue weighted by molar-refractivity contribution is 5.80. The summed E-state index contributed by atoms with van der Waals surface area (Å²) in [7, 11) is 1.89. The molecule has 1 aliphatic heterocycles. The van der Waals surface area contributed by atoms with Gasteiger partial charge < -0.3 is 10.2 Å². The topological polar surface area (TPSA) is 80.4 Å². The Morgan fingerprint density at radius 3 is 2.69 bits per heavy atom. The zero-order chi connectivity index (χ0) is 19.8. The van der Waals surface area contributed by atoms with Crippen molar-refractivity contribution in [2.45, 2.75) is 6.54 Å². The van der Waals surface area contributed by atoms with Crippen LogP contribution in [0.1, 0.15) is 5.56 Å². The molecule has 0 unspecified atom stereocenters. The van der Waals surface area contributed by atoms with Crippen LogP contribution in [-0.2, 0) is 18.4 Å². The molecule has 1 fully saturated rings. The van der Waals surface area contributed by atoms with Gasteiger partial charge in [0.1, 0.15) is 0 Å². The fraction of sp³-hybridized carbons (Fsp3) is 0.238. The molecule has 8 nitrogen and oxygen atoms in total. The van der Waals surface area contributed by atoms with Gasteiger partial charge in [-0.3, -0.25) is 9.48 Å². The van der Waals surface area contributed by atoms with Crippen LogP contribution in [0.4, 0.5) is 0 Å². The number of aryl methyl sites for hydroxylation is 1. The van der Waals surface area contributed by atoms with Gasteiger partial charge in [0.2, 0.25) is 5.91 Å². The van der Waals surface area contributed by atoms with Crippen molar-refractivity contribution in [1.29, 1.82) is 0 Å². The van der Waals surface area contributed by atoms with Gasteiger partial charge >= 0.3 is 0 Å². The van der Waals surface area contributed by atoms with Gasteiger partial charge in [-0.25, -0.2) is 9.50 Å². The standard InChI is InChI=1S/C21H21N7O/c1-26-13-17(10-24-26)18-14-28-19(6-7-23-28)21(25-18)16-4-2-15(3-5-16)12-27-9-8-22-11-20(27)29/h2-7,10,13-14,22H,8-9,11-12H2,1H3. The Balaban J connectivity index is 1.48. The molecule has 1 amide bonds. The zero-order valence-electron chi connectivity index (χ0n) is 16.1. The molecule has 0 bridgehead atoms. The molecule has 3 aromatic heterocycles. The Morgan fingerprint density at radius 2 is 1.93 bits per heavy atom. The summed E-state index contributed by atoms with van der Waals surface area (Å²) in [6.45, 7) is 2.63.